The minimum absolute atomic E-state index is 0.112. The highest BCUT2D eigenvalue weighted by Crippen LogP contribution is 2.20. The summed E-state index contributed by atoms with van der Waals surface area (Å²) in [5, 5.41) is 2.82. The largest absolute Gasteiger partial charge is 0.494 e. The molecule has 0 heterocycles. The van der Waals surface area contributed by atoms with Crippen molar-refractivity contribution in [2.45, 2.75) is 24.8 Å². The molecule has 0 saturated carbocycles. The fourth-order valence-electron chi connectivity index (χ4n) is 2.49. The molecule has 0 bridgehead atoms. The molecule has 2 aromatic carbocycles. The van der Waals surface area contributed by atoms with Gasteiger partial charge in [-0.05, 0) is 55.8 Å². The van der Waals surface area contributed by atoms with Gasteiger partial charge < -0.3 is 10.1 Å². The molecular weight excluding hydrogens is 432 g/mol. The van der Waals surface area contributed by atoms with Crippen LogP contribution in [0.4, 0.5) is 0 Å². The lowest BCUT2D eigenvalue weighted by Gasteiger charge is -2.19. The van der Waals surface area contributed by atoms with Crippen molar-refractivity contribution in [3.63, 3.8) is 0 Å². The number of ether oxygens (including phenoxy) is 1. The molecule has 0 aliphatic heterocycles. The number of amides is 1. The molecule has 8 heteroatoms. The summed E-state index contributed by atoms with van der Waals surface area (Å²) in [5.74, 6) is 0.221. The van der Waals surface area contributed by atoms with Gasteiger partial charge in [0.2, 0.25) is 15.9 Å². The first-order valence-electron chi connectivity index (χ1n) is 8.48. The number of carbonyl (C=O) groups is 1. The van der Waals surface area contributed by atoms with Crippen LogP contribution in [0.3, 0.4) is 0 Å². The summed E-state index contributed by atoms with van der Waals surface area (Å²) < 4.78 is 32.5. The van der Waals surface area contributed by atoms with Gasteiger partial charge in [0.25, 0.3) is 0 Å². The maximum atomic E-state index is 12.6. The second-order valence-electron chi connectivity index (χ2n) is 6.01. The SMILES string of the molecule is CCOc1ccc(S(=O)(=O)N(C)CC(=O)N[C@@H](C)c2cccc(Br)c2)cc1. The highest BCUT2D eigenvalue weighted by molar-refractivity contribution is 9.10. The lowest BCUT2D eigenvalue weighted by atomic mass is 10.1. The van der Waals surface area contributed by atoms with E-state index in [1.54, 1.807) is 12.1 Å². The van der Waals surface area contributed by atoms with Gasteiger partial charge in [0.15, 0.2) is 0 Å². The van der Waals surface area contributed by atoms with E-state index in [2.05, 4.69) is 21.2 Å². The first-order valence-corrected chi connectivity index (χ1v) is 10.7. The fourth-order valence-corrected chi connectivity index (χ4v) is 4.03. The zero-order chi connectivity index (χ0) is 20.0. The Labute approximate surface area is 168 Å². The standard InChI is InChI=1S/C19H23BrN2O4S/c1-4-26-17-8-10-18(11-9-17)27(24,25)22(3)13-19(23)21-14(2)15-6-5-7-16(20)12-15/h5-12,14H,4,13H2,1-3H3,(H,21,23)/t14-/m0/s1. The van der Waals surface area contributed by atoms with Crippen LogP contribution in [0.15, 0.2) is 57.9 Å². The van der Waals surface area contributed by atoms with Crippen molar-refractivity contribution >= 4 is 31.9 Å². The van der Waals surface area contributed by atoms with Crippen molar-refractivity contribution < 1.29 is 17.9 Å². The zero-order valence-corrected chi connectivity index (χ0v) is 17.9. The molecule has 1 amide bonds. The van der Waals surface area contributed by atoms with E-state index in [1.807, 2.05) is 38.1 Å². The van der Waals surface area contributed by atoms with Crippen LogP contribution in [0.25, 0.3) is 0 Å². The second-order valence-corrected chi connectivity index (χ2v) is 8.97. The molecule has 2 rings (SSSR count). The third-order valence-corrected chi connectivity index (χ3v) is 6.25. The molecule has 1 atom stereocenters. The smallest absolute Gasteiger partial charge is 0.243 e. The first kappa shape index (κ1) is 21.4. The van der Waals surface area contributed by atoms with E-state index in [4.69, 9.17) is 4.74 Å². The van der Waals surface area contributed by atoms with Gasteiger partial charge in [-0.15, -0.1) is 0 Å². The van der Waals surface area contributed by atoms with Crippen LogP contribution in [-0.2, 0) is 14.8 Å². The number of carbonyl (C=O) groups excluding carboxylic acids is 1. The number of halogens is 1. The average Bonchev–Trinajstić information content (AvgIpc) is 2.62. The molecule has 2 aromatic rings. The van der Waals surface area contributed by atoms with Crippen LogP contribution in [0.2, 0.25) is 0 Å². The summed E-state index contributed by atoms with van der Waals surface area (Å²) in [4.78, 5) is 12.4. The Kier molecular flexibility index (Phi) is 7.41. The number of likely N-dealkylation sites (N-methyl/N-ethyl adjacent to an activating group) is 1. The normalized spacial score (nSPS) is 12.6. The topological polar surface area (TPSA) is 75.7 Å². The molecule has 0 fully saturated rings. The molecule has 0 radical (unpaired) electrons. The number of nitrogens with zero attached hydrogens (tertiary/aromatic N) is 1. The van der Waals surface area contributed by atoms with Gasteiger partial charge in [0.1, 0.15) is 5.75 Å². The molecule has 1 N–H and O–H groups in total. The highest BCUT2D eigenvalue weighted by Gasteiger charge is 2.23. The maximum Gasteiger partial charge on any atom is 0.243 e. The van der Waals surface area contributed by atoms with Crippen molar-refractivity contribution in [2.24, 2.45) is 0 Å². The van der Waals surface area contributed by atoms with E-state index in [0.717, 1.165) is 14.3 Å². The zero-order valence-electron chi connectivity index (χ0n) is 15.5. The van der Waals surface area contributed by atoms with E-state index < -0.39 is 10.0 Å². The number of nitrogens with one attached hydrogen (secondary N) is 1. The molecule has 27 heavy (non-hydrogen) atoms. The summed E-state index contributed by atoms with van der Waals surface area (Å²) in [6.07, 6.45) is 0. The lowest BCUT2D eigenvalue weighted by molar-refractivity contribution is -0.121. The summed E-state index contributed by atoms with van der Waals surface area (Å²) in [6.45, 7) is 3.93. The molecule has 0 aromatic heterocycles. The number of hydrogen-bond donors (Lipinski definition) is 1. The van der Waals surface area contributed by atoms with Crippen LogP contribution in [-0.4, -0.2) is 38.8 Å². The predicted molar refractivity (Wildman–Crippen MR) is 108 cm³/mol. The van der Waals surface area contributed by atoms with Gasteiger partial charge in [-0.25, -0.2) is 8.42 Å². The predicted octanol–water partition coefficient (Wildman–Crippen LogP) is 3.35. The van der Waals surface area contributed by atoms with Gasteiger partial charge in [-0.1, -0.05) is 28.1 Å². The Morgan fingerprint density at radius 3 is 2.48 bits per heavy atom. The summed E-state index contributed by atoms with van der Waals surface area (Å²) in [5.41, 5.74) is 0.926. The van der Waals surface area contributed by atoms with Gasteiger partial charge in [-0.3, -0.25) is 4.79 Å². The van der Waals surface area contributed by atoms with Crippen molar-refractivity contribution in [2.75, 3.05) is 20.2 Å². The minimum Gasteiger partial charge on any atom is -0.494 e. The number of sulfonamides is 1. The third-order valence-electron chi connectivity index (χ3n) is 3.94. The molecule has 0 aliphatic carbocycles. The van der Waals surface area contributed by atoms with Gasteiger partial charge in [-0.2, -0.15) is 4.31 Å². The molecule has 6 nitrogen and oxygen atoms in total. The van der Waals surface area contributed by atoms with Crippen molar-refractivity contribution in [3.8, 4) is 5.75 Å². The number of hydrogen-bond acceptors (Lipinski definition) is 4. The second kappa shape index (κ2) is 9.34. The average molecular weight is 455 g/mol. The van der Waals surface area contributed by atoms with Crippen molar-refractivity contribution in [3.05, 3.63) is 58.6 Å². The Hall–Kier alpha value is -1.90. The summed E-state index contributed by atoms with van der Waals surface area (Å²) in [7, 11) is -2.38. The van der Waals surface area contributed by atoms with E-state index in [1.165, 1.54) is 19.2 Å². The first-order chi connectivity index (χ1) is 12.7. The molecule has 146 valence electrons. The van der Waals surface area contributed by atoms with Crippen LogP contribution >= 0.6 is 15.9 Å². The van der Waals surface area contributed by atoms with Gasteiger partial charge in [0.05, 0.1) is 24.1 Å². The van der Waals surface area contributed by atoms with Crippen molar-refractivity contribution in [1.29, 1.82) is 0 Å². The molecule has 0 spiro atoms. The van der Waals surface area contributed by atoms with Gasteiger partial charge in [0, 0.05) is 11.5 Å². The summed E-state index contributed by atoms with van der Waals surface area (Å²) in [6, 6.07) is 13.5. The molecule has 0 unspecified atom stereocenters. The monoisotopic (exact) mass is 454 g/mol. The fraction of sp³-hybridized carbons (Fsp3) is 0.316. The Bertz CT molecular complexity index is 885. The van der Waals surface area contributed by atoms with Crippen LogP contribution in [0.5, 0.6) is 5.75 Å². The highest BCUT2D eigenvalue weighted by atomic mass is 79.9. The van der Waals surface area contributed by atoms with Gasteiger partial charge >= 0.3 is 0 Å². The van der Waals surface area contributed by atoms with Crippen LogP contribution in [0, 0.1) is 0 Å². The Morgan fingerprint density at radius 2 is 1.89 bits per heavy atom. The van der Waals surface area contributed by atoms with E-state index >= 15 is 0 Å². The third kappa shape index (κ3) is 5.79. The van der Waals surface area contributed by atoms with Crippen molar-refractivity contribution in [1.82, 2.24) is 9.62 Å². The maximum absolute atomic E-state index is 12.6. The van der Waals surface area contributed by atoms with E-state index in [-0.39, 0.29) is 23.4 Å². The quantitative estimate of drug-likeness (QED) is 0.663. The summed E-state index contributed by atoms with van der Waals surface area (Å²) >= 11 is 3.39. The van der Waals surface area contributed by atoms with Crippen LogP contribution in [0.1, 0.15) is 25.5 Å². The molecular formula is C19H23BrN2O4S. The molecule has 0 aliphatic rings. The van der Waals surface area contributed by atoms with Crippen LogP contribution < -0.4 is 10.1 Å². The Morgan fingerprint density at radius 1 is 1.22 bits per heavy atom. The minimum atomic E-state index is -3.76. The Balaban J connectivity index is 2.01. The molecule has 0 saturated heterocycles. The number of rotatable bonds is 8. The van der Waals surface area contributed by atoms with E-state index in [0.29, 0.717) is 12.4 Å². The lowest BCUT2D eigenvalue weighted by Crippen LogP contribution is -2.39. The number of benzene rings is 2. The van der Waals surface area contributed by atoms with E-state index in [9.17, 15) is 13.2 Å².